The highest BCUT2D eigenvalue weighted by atomic mass is 16.5. The highest BCUT2D eigenvalue weighted by molar-refractivity contribution is 5.90. The summed E-state index contributed by atoms with van der Waals surface area (Å²) < 4.78 is 12.3. The lowest BCUT2D eigenvalue weighted by atomic mass is 10.1. The van der Waals surface area contributed by atoms with Crippen LogP contribution in [-0.2, 0) is 11.2 Å². The minimum absolute atomic E-state index is 0.0487. The van der Waals surface area contributed by atoms with E-state index in [1.54, 1.807) is 30.0 Å². The van der Waals surface area contributed by atoms with E-state index in [1.807, 2.05) is 32.2 Å². The lowest BCUT2D eigenvalue weighted by Crippen LogP contribution is -2.14. The predicted octanol–water partition coefficient (Wildman–Crippen LogP) is 2.70. The van der Waals surface area contributed by atoms with Gasteiger partial charge in [0.15, 0.2) is 0 Å². The Balaban J connectivity index is 1.62. The molecule has 3 rings (SSSR count). The molecule has 130 valence electrons. The quantitative estimate of drug-likeness (QED) is 0.741. The van der Waals surface area contributed by atoms with Crippen LogP contribution in [0.2, 0.25) is 0 Å². The summed E-state index contributed by atoms with van der Waals surface area (Å²) in [6, 6.07) is 9.34. The molecule has 0 aliphatic heterocycles. The maximum absolute atomic E-state index is 12.1. The molecule has 0 saturated heterocycles. The number of hydrogen-bond acceptors (Lipinski definition) is 6. The average Bonchev–Trinajstić information content (AvgIpc) is 3.24. The molecule has 8 heteroatoms. The molecular weight excluding hydrogens is 322 g/mol. The number of benzene rings is 1. The van der Waals surface area contributed by atoms with Crippen molar-refractivity contribution in [3.05, 3.63) is 42.1 Å². The fraction of sp³-hybridized carbons (Fsp3) is 0.294. The number of aromatic nitrogens is 4. The van der Waals surface area contributed by atoms with Crippen LogP contribution in [-0.4, -0.2) is 33.0 Å². The van der Waals surface area contributed by atoms with Gasteiger partial charge in [-0.15, -0.1) is 5.10 Å². The Morgan fingerprint density at radius 1 is 1.24 bits per heavy atom. The van der Waals surface area contributed by atoms with Crippen LogP contribution in [0.15, 0.2) is 40.9 Å². The predicted molar refractivity (Wildman–Crippen MR) is 91.2 cm³/mol. The van der Waals surface area contributed by atoms with Gasteiger partial charge < -0.3 is 9.15 Å². The van der Waals surface area contributed by atoms with Crippen LogP contribution in [0.1, 0.15) is 25.5 Å². The number of carbonyl (C=O) groups is 1. The molecule has 0 radical (unpaired) electrons. The van der Waals surface area contributed by atoms with Gasteiger partial charge in [0.1, 0.15) is 11.4 Å². The van der Waals surface area contributed by atoms with E-state index in [0.717, 1.165) is 11.3 Å². The summed E-state index contributed by atoms with van der Waals surface area (Å²) in [4.78, 5) is 12.1. The summed E-state index contributed by atoms with van der Waals surface area (Å²) in [5.74, 6) is 0.763. The van der Waals surface area contributed by atoms with Crippen LogP contribution in [0.5, 0.6) is 5.75 Å². The third-order valence-electron chi connectivity index (χ3n) is 3.55. The first kappa shape index (κ1) is 16.7. The van der Waals surface area contributed by atoms with Crippen molar-refractivity contribution in [2.24, 2.45) is 0 Å². The molecule has 0 bridgehead atoms. The van der Waals surface area contributed by atoms with Gasteiger partial charge >= 0.3 is 6.01 Å². The van der Waals surface area contributed by atoms with E-state index in [4.69, 9.17) is 9.15 Å². The van der Waals surface area contributed by atoms with Gasteiger partial charge in [0.25, 0.3) is 5.89 Å². The SMILES string of the molecule is COc1ccc(CC(=O)Nc2nnc(-c3ccn(C(C)C)n3)o2)cc1. The van der Waals surface area contributed by atoms with E-state index in [9.17, 15) is 4.79 Å². The molecule has 3 aromatic rings. The third-order valence-corrected chi connectivity index (χ3v) is 3.55. The molecular formula is C17H19N5O3. The van der Waals surface area contributed by atoms with Crippen LogP contribution in [0, 0.1) is 0 Å². The molecule has 1 aromatic carbocycles. The summed E-state index contributed by atoms with van der Waals surface area (Å²) in [6.07, 6.45) is 2.04. The van der Waals surface area contributed by atoms with E-state index in [-0.39, 0.29) is 30.3 Å². The summed E-state index contributed by atoms with van der Waals surface area (Å²) in [7, 11) is 1.60. The minimum atomic E-state index is -0.243. The molecule has 0 spiro atoms. The molecule has 25 heavy (non-hydrogen) atoms. The zero-order valence-corrected chi connectivity index (χ0v) is 14.3. The number of anilines is 1. The number of hydrogen-bond donors (Lipinski definition) is 1. The number of nitrogens with zero attached hydrogens (tertiary/aromatic N) is 4. The molecule has 1 N–H and O–H groups in total. The Hall–Kier alpha value is -3.16. The highest BCUT2D eigenvalue weighted by Gasteiger charge is 2.14. The molecule has 0 aliphatic carbocycles. The Kier molecular flexibility index (Phi) is 4.78. The Bertz CT molecular complexity index is 851. The molecule has 2 heterocycles. The molecule has 0 unspecified atom stereocenters. The van der Waals surface area contributed by atoms with Crippen molar-refractivity contribution in [2.75, 3.05) is 12.4 Å². The lowest BCUT2D eigenvalue weighted by molar-refractivity contribution is -0.115. The molecule has 1 amide bonds. The van der Waals surface area contributed by atoms with Gasteiger partial charge in [0.2, 0.25) is 5.91 Å². The normalized spacial score (nSPS) is 10.9. The zero-order valence-electron chi connectivity index (χ0n) is 14.3. The standard InChI is InChI=1S/C17H19N5O3/c1-11(2)22-9-8-14(21-22)16-19-20-17(25-16)18-15(23)10-12-4-6-13(24-3)7-5-12/h4-9,11H,10H2,1-3H3,(H,18,20,23). The average molecular weight is 341 g/mol. The molecule has 0 aliphatic rings. The minimum Gasteiger partial charge on any atom is -0.497 e. The summed E-state index contributed by atoms with van der Waals surface area (Å²) in [5.41, 5.74) is 1.42. The molecule has 0 saturated carbocycles. The molecule has 2 aromatic heterocycles. The lowest BCUT2D eigenvalue weighted by Gasteiger charge is -2.03. The fourth-order valence-corrected chi connectivity index (χ4v) is 2.21. The van der Waals surface area contributed by atoms with E-state index in [0.29, 0.717) is 5.69 Å². The molecule has 8 nitrogen and oxygen atoms in total. The largest absolute Gasteiger partial charge is 0.497 e. The number of nitrogens with one attached hydrogen (secondary N) is 1. The molecule has 0 fully saturated rings. The van der Waals surface area contributed by atoms with Crippen molar-refractivity contribution >= 4 is 11.9 Å². The number of methoxy groups -OCH3 is 1. The number of amides is 1. The van der Waals surface area contributed by atoms with Gasteiger partial charge in [0, 0.05) is 12.2 Å². The van der Waals surface area contributed by atoms with Crippen molar-refractivity contribution < 1.29 is 13.9 Å². The summed E-state index contributed by atoms with van der Waals surface area (Å²) >= 11 is 0. The topological polar surface area (TPSA) is 95.1 Å². The van der Waals surface area contributed by atoms with Gasteiger partial charge in [-0.05, 0) is 37.6 Å². The second-order valence-electron chi connectivity index (χ2n) is 5.76. The summed E-state index contributed by atoms with van der Waals surface area (Å²) in [6.45, 7) is 4.05. The molecule has 0 atom stereocenters. The van der Waals surface area contributed by atoms with Crippen LogP contribution in [0.4, 0.5) is 6.01 Å². The Labute approximate surface area is 144 Å². The smallest absolute Gasteiger partial charge is 0.322 e. The second-order valence-corrected chi connectivity index (χ2v) is 5.76. The first-order chi connectivity index (χ1) is 12.0. The van der Waals surface area contributed by atoms with Crippen molar-refractivity contribution in [3.63, 3.8) is 0 Å². The number of rotatable bonds is 6. The van der Waals surface area contributed by atoms with E-state index < -0.39 is 0 Å². The van der Waals surface area contributed by atoms with Gasteiger partial charge in [-0.1, -0.05) is 17.2 Å². The third kappa shape index (κ3) is 4.03. The fourth-order valence-electron chi connectivity index (χ4n) is 2.21. The first-order valence-electron chi connectivity index (χ1n) is 7.87. The zero-order chi connectivity index (χ0) is 17.8. The second kappa shape index (κ2) is 7.16. The monoisotopic (exact) mass is 341 g/mol. The first-order valence-corrected chi connectivity index (χ1v) is 7.87. The summed E-state index contributed by atoms with van der Waals surface area (Å²) in [5, 5.41) is 14.7. The maximum atomic E-state index is 12.1. The van der Waals surface area contributed by atoms with Crippen LogP contribution in [0.25, 0.3) is 11.6 Å². The number of ether oxygens (including phenoxy) is 1. The van der Waals surface area contributed by atoms with Crippen LogP contribution in [0.3, 0.4) is 0 Å². The van der Waals surface area contributed by atoms with Crippen molar-refractivity contribution in [3.8, 4) is 17.3 Å². The van der Waals surface area contributed by atoms with Gasteiger partial charge in [-0.25, -0.2) is 0 Å². The van der Waals surface area contributed by atoms with Crippen LogP contribution >= 0.6 is 0 Å². The highest BCUT2D eigenvalue weighted by Crippen LogP contribution is 2.19. The van der Waals surface area contributed by atoms with E-state index in [1.165, 1.54) is 0 Å². The van der Waals surface area contributed by atoms with E-state index in [2.05, 4.69) is 20.6 Å². The number of carbonyl (C=O) groups excluding carboxylic acids is 1. The maximum Gasteiger partial charge on any atom is 0.322 e. The Morgan fingerprint density at radius 2 is 2.00 bits per heavy atom. The van der Waals surface area contributed by atoms with Crippen LogP contribution < -0.4 is 10.1 Å². The van der Waals surface area contributed by atoms with Crippen molar-refractivity contribution in [2.45, 2.75) is 26.3 Å². The van der Waals surface area contributed by atoms with Crippen molar-refractivity contribution in [1.29, 1.82) is 0 Å². The van der Waals surface area contributed by atoms with Gasteiger partial charge in [-0.2, -0.15) is 5.10 Å². The van der Waals surface area contributed by atoms with E-state index >= 15 is 0 Å². The van der Waals surface area contributed by atoms with Gasteiger partial charge in [0.05, 0.1) is 13.5 Å². The van der Waals surface area contributed by atoms with Crippen molar-refractivity contribution in [1.82, 2.24) is 20.0 Å². The Morgan fingerprint density at radius 3 is 2.64 bits per heavy atom. The van der Waals surface area contributed by atoms with Gasteiger partial charge in [-0.3, -0.25) is 14.8 Å².